The fourth-order valence-electron chi connectivity index (χ4n) is 3.52. The number of aromatic nitrogens is 1. The Bertz CT molecular complexity index is 1180. The molecule has 0 radical (unpaired) electrons. The smallest absolute Gasteiger partial charge is 0.266 e. The van der Waals surface area contributed by atoms with Crippen molar-refractivity contribution in [1.29, 1.82) is 0 Å². The maximum absolute atomic E-state index is 12.9. The van der Waals surface area contributed by atoms with Crippen molar-refractivity contribution in [2.24, 2.45) is 5.92 Å². The number of carbonyl (C=O) groups is 1. The molecule has 0 unspecified atom stereocenters. The van der Waals surface area contributed by atoms with E-state index in [1.165, 1.54) is 11.8 Å². The van der Waals surface area contributed by atoms with Crippen LogP contribution in [0.1, 0.15) is 25.0 Å². The van der Waals surface area contributed by atoms with Crippen LogP contribution in [-0.2, 0) is 11.3 Å². The number of nitrogens with zero attached hydrogens (tertiary/aromatic N) is 2. The standard InChI is InChI=1S/C23H20Cl2N2OS2/c1-14(2)11-27-22(28)21(30-23(27)29)10-16-13-26(20-6-4-3-5-17(16)20)12-15-7-8-18(24)19(25)9-15/h3-10,13-14H,11-12H2,1-2H3/b21-10-. The third-order valence-electron chi connectivity index (χ3n) is 4.86. The van der Waals surface area contributed by atoms with Crippen molar-refractivity contribution in [1.82, 2.24) is 9.47 Å². The SMILES string of the molecule is CC(C)CN1C(=O)/C(=C/c2cn(Cc3ccc(Cl)c(Cl)c3)c3ccccc23)SC1=S. The van der Waals surface area contributed by atoms with Gasteiger partial charge in [-0.25, -0.2) is 0 Å². The van der Waals surface area contributed by atoms with Crippen molar-refractivity contribution in [3.8, 4) is 0 Å². The quantitative estimate of drug-likeness (QED) is 0.298. The minimum atomic E-state index is -0.0139. The van der Waals surface area contributed by atoms with Gasteiger partial charge in [0.2, 0.25) is 0 Å². The average molecular weight is 475 g/mol. The molecule has 2 heterocycles. The number of amides is 1. The molecule has 0 aliphatic carbocycles. The van der Waals surface area contributed by atoms with Crippen LogP contribution in [0.4, 0.5) is 0 Å². The van der Waals surface area contributed by atoms with E-state index in [1.54, 1.807) is 4.90 Å². The lowest BCUT2D eigenvalue weighted by atomic mass is 10.1. The predicted octanol–water partition coefficient (Wildman–Crippen LogP) is 6.85. The molecule has 0 saturated carbocycles. The summed E-state index contributed by atoms with van der Waals surface area (Å²) in [5.41, 5.74) is 3.14. The van der Waals surface area contributed by atoms with Gasteiger partial charge in [-0.2, -0.15) is 0 Å². The van der Waals surface area contributed by atoms with Crippen LogP contribution >= 0.6 is 47.2 Å². The number of benzene rings is 2. The Morgan fingerprint density at radius 2 is 1.90 bits per heavy atom. The van der Waals surface area contributed by atoms with Crippen LogP contribution in [0.15, 0.2) is 53.6 Å². The molecule has 4 rings (SSSR count). The van der Waals surface area contributed by atoms with Crippen LogP contribution in [0.5, 0.6) is 0 Å². The lowest BCUT2D eigenvalue weighted by Gasteiger charge is -2.16. The van der Waals surface area contributed by atoms with Gasteiger partial charge in [0.1, 0.15) is 4.32 Å². The van der Waals surface area contributed by atoms with E-state index in [1.807, 2.05) is 36.4 Å². The van der Waals surface area contributed by atoms with E-state index in [9.17, 15) is 4.79 Å². The molecular formula is C23H20Cl2N2OS2. The number of hydrogen-bond acceptors (Lipinski definition) is 3. The number of fused-ring (bicyclic) bond motifs is 1. The zero-order valence-electron chi connectivity index (χ0n) is 16.6. The first-order valence-electron chi connectivity index (χ1n) is 9.60. The number of hydrogen-bond donors (Lipinski definition) is 0. The number of rotatable bonds is 5. The molecule has 1 saturated heterocycles. The highest BCUT2D eigenvalue weighted by Crippen LogP contribution is 2.35. The van der Waals surface area contributed by atoms with E-state index >= 15 is 0 Å². The largest absolute Gasteiger partial charge is 0.342 e. The molecule has 3 nitrogen and oxygen atoms in total. The summed E-state index contributed by atoms with van der Waals surface area (Å²) in [5.74, 6) is 0.347. The minimum absolute atomic E-state index is 0.0139. The molecule has 1 amide bonds. The second-order valence-electron chi connectivity index (χ2n) is 7.66. The zero-order chi connectivity index (χ0) is 21.4. The summed E-state index contributed by atoms with van der Waals surface area (Å²) >= 11 is 19.0. The number of para-hydroxylation sites is 1. The molecule has 1 fully saturated rings. The van der Waals surface area contributed by atoms with Crippen LogP contribution in [0.3, 0.4) is 0 Å². The van der Waals surface area contributed by atoms with Gasteiger partial charge in [0.05, 0.1) is 15.0 Å². The summed E-state index contributed by atoms with van der Waals surface area (Å²) in [6.45, 7) is 5.46. The molecular weight excluding hydrogens is 455 g/mol. The van der Waals surface area contributed by atoms with Crippen molar-refractivity contribution >= 4 is 74.4 Å². The molecule has 0 bridgehead atoms. The van der Waals surface area contributed by atoms with Crippen molar-refractivity contribution in [2.45, 2.75) is 20.4 Å². The van der Waals surface area contributed by atoms with Crippen LogP contribution in [0, 0.1) is 5.92 Å². The van der Waals surface area contributed by atoms with Gasteiger partial charge in [0.15, 0.2) is 0 Å². The van der Waals surface area contributed by atoms with Gasteiger partial charge in [-0.1, -0.05) is 85.3 Å². The van der Waals surface area contributed by atoms with Crippen LogP contribution in [-0.4, -0.2) is 26.2 Å². The van der Waals surface area contributed by atoms with Crippen molar-refractivity contribution in [3.05, 3.63) is 74.7 Å². The van der Waals surface area contributed by atoms with E-state index in [2.05, 4.69) is 36.7 Å². The first-order valence-corrected chi connectivity index (χ1v) is 11.6. The fraction of sp³-hybridized carbons (Fsp3) is 0.217. The first-order chi connectivity index (χ1) is 14.3. The number of carbonyl (C=O) groups excluding carboxylic acids is 1. The van der Waals surface area contributed by atoms with Gasteiger partial charge in [-0.15, -0.1) is 0 Å². The normalized spacial score (nSPS) is 15.9. The number of thiocarbonyl (C=S) groups is 1. The maximum atomic E-state index is 12.9. The summed E-state index contributed by atoms with van der Waals surface area (Å²) in [6, 6.07) is 13.8. The Balaban J connectivity index is 1.70. The minimum Gasteiger partial charge on any atom is -0.342 e. The van der Waals surface area contributed by atoms with Gasteiger partial charge < -0.3 is 4.57 Å². The summed E-state index contributed by atoms with van der Waals surface area (Å²) in [6.07, 6.45) is 4.02. The van der Waals surface area contributed by atoms with Gasteiger partial charge in [-0.05, 0) is 35.8 Å². The topological polar surface area (TPSA) is 25.2 Å². The average Bonchev–Trinajstić information content (AvgIpc) is 3.17. The van der Waals surface area contributed by atoms with Gasteiger partial charge in [0.25, 0.3) is 5.91 Å². The molecule has 7 heteroatoms. The van der Waals surface area contributed by atoms with E-state index in [4.69, 9.17) is 35.4 Å². The van der Waals surface area contributed by atoms with Crippen LogP contribution in [0.2, 0.25) is 10.0 Å². The third kappa shape index (κ3) is 4.30. The highest BCUT2D eigenvalue weighted by Gasteiger charge is 2.32. The Labute approximate surface area is 195 Å². The monoisotopic (exact) mass is 474 g/mol. The molecule has 154 valence electrons. The Morgan fingerprint density at radius 1 is 1.13 bits per heavy atom. The highest BCUT2D eigenvalue weighted by molar-refractivity contribution is 8.26. The zero-order valence-corrected chi connectivity index (χ0v) is 19.7. The first kappa shape index (κ1) is 21.4. The molecule has 30 heavy (non-hydrogen) atoms. The van der Waals surface area contributed by atoms with Gasteiger partial charge in [-0.3, -0.25) is 9.69 Å². The van der Waals surface area contributed by atoms with Crippen LogP contribution < -0.4 is 0 Å². The van der Waals surface area contributed by atoms with Crippen molar-refractivity contribution < 1.29 is 4.79 Å². The predicted molar refractivity (Wildman–Crippen MR) is 132 cm³/mol. The summed E-state index contributed by atoms with van der Waals surface area (Å²) in [7, 11) is 0. The maximum Gasteiger partial charge on any atom is 0.266 e. The Kier molecular flexibility index (Phi) is 6.26. The number of thioether (sulfide) groups is 1. The molecule has 3 aromatic rings. The van der Waals surface area contributed by atoms with E-state index in [0.29, 0.717) is 38.3 Å². The van der Waals surface area contributed by atoms with Crippen molar-refractivity contribution in [3.63, 3.8) is 0 Å². The third-order valence-corrected chi connectivity index (χ3v) is 6.98. The van der Waals surface area contributed by atoms with Crippen LogP contribution in [0.25, 0.3) is 17.0 Å². The van der Waals surface area contributed by atoms with Crippen molar-refractivity contribution in [2.75, 3.05) is 6.54 Å². The Hall–Kier alpha value is -1.79. The van der Waals surface area contributed by atoms with Gasteiger partial charge in [0, 0.05) is 35.8 Å². The van der Waals surface area contributed by atoms with E-state index in [-0.39, 0.29) is 5.91 Å². The summed E-state index contributed by atoms with van der Waals surface area (Å²) < 4.78 is 2.79. The summed E-state index contributed by atoms with van der Waals surface area (Å²) in [4.78, 5) is 15.2. The van der Waals surface area contributed by atoms with E-state index < -0.39 is 0 Å². The molecule has 0 spiro atoms. The second-order valence-corrected chi connectivity index (χ2v) is 10.2. The van der Waals surface area contributed by atoms with E-state index in [0.717, 1.165) is 22.0 Å². The fourth-order valence-corrected chi connectivity index (χ4v) is 5.11. The lowest BCUT2D eigenvalue weighted by Crippen LogP contribution is -2.31. The molecule has 2 aromatic carbocycles. The lowest BCUT2D eigenvalue weighted by molar-refractivity contribution is -0.122. The molecule has 1 aliphatic heterocycles. The molecule has 1 aliphatic rings. The second kappa shape index (κ2) is 8.75. The molecule has 0 atom stereocenters. The van der Waals surface area contributed by atoms with Gasteiger partial charge >= 0.3 is 0 Å². The highest BCUT2D eigenvalue weighted by atomic mass is 35.5. The summed E-state index contributed by atoms with van der Waals surface area (Å²) in [5, 5.41) is 2.17. The Morgan fingerprint density at radius 3 is 2.63 bits per heavy atom. The molecule has 0 N–H and O–H groups in total. The number of halogens is 2. The molecule has 1 aromatic heterocycles.